The Morgan fingerprint density at radius 2 is 1.83 bits per heavy atom. The second kappa shape index (κ2) is 9.97. The smallest absolute Gasteiger partial charge is 0.412 e. The number of aliphatic carboxylic acids is 1. The van der Waals surface area contributed by atoms with Crippen molar-refractivity contribution in [3.05, 3.63) is 72.3 Å². The van der Waals surface area contributed by atoms with Crippen LogP contribution in [-0.2, 0) is 9.53 Å². The first-order valence-corrected chi connectivity index (χ1v) is 11.2. The first-order valence-electron chi connectivity index (χ1n) is 11.2. The van der Waals surface area contributed by atoms with Gasteiger partial charge >= 0.3 is 12.1 Å². The highest BCUT2D eigenvalue weighted by Crippen LogP contribution is 2.44. The van der Waals surface area contributed by atoms with E-state index < -0.39 is 23.6 Å². The Morgan fingerprint density at radius 3 is 2.60 bits per heavy atom. The Balaban J connectivity index is 1.63. The Bertz CT molecular complexity index is 1280. The van der Waals surface area contributed by atoms with Crippen molar-refractivity contribution >= 4 is 28.5 Å². The number of anilines is 1. The number of amides is 1. The molecule has 3 aromatic carbocycles. The van der Waals surface area contributed by atoms with E-state index >= 15 is 0 Å². The van der Waals surface area contributed by atoms with Gasteiger partial charge in [0.25, 0.3) is 0 Å². The van der Waals surface area contributed by atoms with E-state index in [1.165, 1.54) is 0 Å². The molecule has 0 spiro atoms. The minimum Gasteiger partial charge on any atom is -0.507 e. The fraction of sp³-hybridized carbons (Fsp3) is 0.259. The second-order valence-electron chi connectivity index (χ2n) is 8.97. The van der Waals surface area contributed by atoms with Gasteiger partial charge in [-0.2, -0.15) is 0 Å². The van der Waals surface area contributed by atoms with Gasteiger partial charge in [-0.05, 0) is 36.4 Å². The summed E-state index contributed by atoms with van der Waals surface area (Å²) in [7, 11) is 0. The molecule has 0 aliphatic carbocycles. The number of carboxylic acid groups (broad SMARTS) is 1. The molecular weight excluding hydrogens is 450 g/mol. The van der Waals surface area contributed by atoms with Gasteiger partial charge in [-0.3, -0.25) is 5.32 Å². The first kappa shape index (κ1) is 23.9. The fourth-order valence-electron chi connectivity index (χ4n) is 4.18. The van der Waals surface area contributed by atoms with Crippen molar-refractivity contribution in [1.29, 1.82) is 0 Å². The number of nitrogens with one attached hydrogen (secondary N) is 1. The zero-order chi connectivity index (χ0) is 25.0. The van der Waals surface area contributed by atoms with Gasteiger partial charge in [0.1, 0.15) is 11.9 Å². The molecule has 1 aliphatic heterocycles. The van der Waals surface area contributed by atoms with Crippen LogP contribution in [0.25, 0.3) is 10.8 Å². The molecule has 8 heteroatoms. The van der Waals surface area contributed by atoms with E-state index in [2.05, 4.69) is 5.32 Å². The summed E-state index contributed by atoms with van der Waals surface area (Å²) in [6.45, 7) is 4.05. The molecule has 0 radical (unpaired) electrons. The number of hydrogen-bond acceptors (Lipinski definition) is 6. The molecule has 3 N–H and O–H groups in total. The molecule has 1 atom stereocenters. The van der Waals surface area contributed by atoms with Crippen LogP contribution in [0.4, 0.5) is 10.5 Å². The highest BCUT2D eigenvalue weighted by atomic mass is 16.7. The molecule has 0 unspecified atom stereocenters. The zero-order valence-corrected chi connectivity index (χ0v) is 19.5. The number of benzene rings is 3. The van der Waals surface area contributed by atoms with Crippen molar-refractivity contribution in [2.75, 3.05) is 12.1 Å². The highest BCUT2D eigenvalue weighted by molar-refractivity contribution is 5.92. The Hall–Kier alpha value is -4.20. The van der Waals surface area contributed by atoms with E-state index in [0.717, 1.165) is 17.0 Å². The van der Waals surface area contributed by atoms with Gasteiger partial charge in [-0.1, -0.05) is 50.3 Å². The number of ether oxygens (including phenoxy) is 3. The summed E-state index contributed by atoms with van der Waals surface area (Å²) in [6.07, 6.45) is 2.38. The van der Waals surface area contributed by atoms with Crippen molar-refractivity contribution in [1.82, 2.24) is 0 Å². The lowest BCUT2D eigenvalue weighted by Crippen LogP contribution is -2.29. The average molecular weight is 478 g/mol. The summed E-state index contributed by atoms with van der Waals surface area (Å²) in [6, 6.07) is 15.8. The third kappa shape index (κ3) is 5.48. The summed E-state index contributed by atoms with van der Waals surface area (Å²) >= 11 is 0. The largest absolute Gasteiger partial charge is 0.507 e. The normalized spacial score (nSPS) is 13.7. The number of fused-ring (bicyclic) bond motifs is 2. The lowest BCUT2D eigenvalue weighted by Gasteiger charge is -2.35. The molecule has 0 aromatic heterocycles. The zero-order valence-electron chi connectivity index (χ0n) is 19.5. The quantitative estimate of drug-likeness (QED) is 0.340. The second-order valence-corrected chi connectivity index (χ2v) is 8.97. The maximum absolute atomic E-state index is 13.0. The van der Waals surface area contributed by atoms with Crippen LogP contribution in [0.1, 0.15) is 38.4 Å². The van der Waals surface area contributed by atoms with Gasteiger partial charge in [0.2, 0.25) is 6.79 Å². The number of phenols is 1. The summed E-state index contributed by atoms with van der Waals surface area (Å²) in [4.78, 5) is 23.9. The third-order valence-corrected chi connectivity index (χ3v) is 5.99. The minimum absolute atomic E-state index is 0.129. The molecule has 3 aromatic rings. The Morgan fingerprint density at radius 1 is 1.09 bits per heavy atom. The van der Waals surface area contributed by atoms with Crippen molar-refractivity contribution in [3.8, 4) is 17.2 Å². The first-order chi connectivity index (χ1) is 16.7. The van der Waals surface area contributed by atoms with Crippen LogP contribution in [0.15, 0.2) is 66.7 Å². The topological polar surface area (TPSA) is 114 Å². The Kier molecular flexibility index (Phi) is 6.82. The molecule has 0 saturated carbocycles. The van der Waals surface area contributed by atoms with Crippen LogP contribution in [0.3, 0.4) is 0 Å². The number of phenolic OH excluding ortho intramolecular Hbond substituents is 1. The number of allylic oxidation sites excluding steroid dienone is 1. The van der Waals surface area contributed by atoms with E-state index in [0.29, 0.717) is 35.4 Å². The van der Waals surface area contributed by atoms with Crippen LogP contribution in [0.2, 0.25) is 0 Å². The number of carbonyl (C=O) groups excluding carboxylic acids is 1. The van der Waals surface area contributed by atoms with Gasteiger partial charge in [0.05, 0.1) is 0 Å². The van der Waals surface area contributed by atoms with Crippen LogP contribution in [-0.4, -0.2) is 29.1 Å². The Labute approximate surface area is 202 Å². The van der Waals surface area contributed by atoms with Gasteiger partial charge in [-0.15, -0.1) is 0 Å². The van der Waals surface area contributed by atoms with E-state index in [-0.39, 0.29) is 12.5 Å². The predicted molar refractivity (Wildman–Crippen MR) is 131 cm³/mol. The van der Waals surface area contributed by atoms with Crippen LogP contribution in [0.5, 0.6) is 17.2 Å². The molecule has 0 saturated heterocycles. The molecule has 1 heterocycles. The van der Waals surface area contributed by atoms with Crippen LogP contribution in [0, 0.1) is 5.41 Å². The molecule has 35 heavy (non-hydrogen) atoms. The van der Waals surface area contributed by atoms with Crippen LogP contribution < -0.4 is 14.8 Å². The molecule has 4 rings (SSSR count). The maximum atomic E-state index is 13.0. The predicted octanol–water partition coefficient (Wildman–Crippen LogP) is 6.01. The van der Waals surface area contributed by atoms with Crippen molar-refractivity contribution in [2.45, 2.75) is 32.8 Å². The molecule has 8 nitrogen and oxygen atoms in total. The molecule has 182 valence electrons. The summed E-state index contributed by atoms with van der Waals surface area (Å²) in [5.41, 5.74) is 0.664. The SMILES string of the molecule is CC(C)(CC/C=C/C(=O)O)[C@@H](OC(=O)Nc1ccc2c(c1)OCO2)c1ccc(O)c2ccccc12. The van der Waals surface area contributed by atoms with E-state index in [1.807, 2.05) is 32.0 Å². The molecule has 1 amide bonds. The van der Waals surface area contributed by atoms with E-state index in [9.17, 15) is 14.7 Å². The van der Waals surface area contributed by atoms with E-state index in [1.54, 1.807) is 42.5 Å². The number of carbonyl (C=O) groups is 2. The minimum atomic E-state index is -1.01. The van der Waals surface area contributed by atoms with E-state index in [4.69, 9.17) is 19.3 Å². The summed E-state index contributed by atoms with van der Waals surface area (Å²) in [5.74, 6) is 0.265. The van der Waals surface area contributed by atoms with Crippen LogP contribution >= 0.6 is 0 Å². The van der Waals surface area contributed by atoms with Gasteiger partial charge in [0, 0.05) is 34.2 Å². The lowest BCUT2D eigenvalue weighted by atomic mass is 9.77. The fourth-order valence-corrected chi connectivity index (χ4v) is 4.18. The molecule has 0 bridgehead atoms. The molecule has 0 fully saturated rings. The van der Waals surface area contributed by atoms with Gasteiger partial charge < -0.3 is 24.4 Å². The van der Waals surface area contributed by atoms with Gasteiger partial charge in [0.15, 0.2) is 11.5 Å². The number of rotatable bonds is 8. The van der Waals surface area contributed by atoms with Gasteiger partial charge in [-0.25, -0.2) is 9.59 Å². The van der Waals surface area contributed by atoms with Crippen molar-refractivity contribution < 1.29 is 34.0 Å². The highest BCUT2D eigenvalue weighted by Gasteiger charge is 2.35. The molecular formula is C27H27NO7. The number of hydrogen-bond donors (Lipinski definition) is 3. The summed E-state index contributed by atoms with van der Waals surface area (Å²) < 4.78 is 16.7. The van der Waals surface area contributed by atoms with Crippen molar-refractivity contribution in [2.24, 2.45) is 5.41 Å². The molecule has 1 aliphatic rings. The number of aromatic hydroxyl groups is 1. The monoisotopic (exact) mass is 477 g/mol. The standard InChI is InChI=1S/C27H27NO7/c1-27(2,14-6-5-9-24(30)31)25(20-11-12-21(29)19-8-4-3-7-18(19)20)35-26(32)28-17-10-13-22-23(15-17)34-16-33-22/h3-5,7-13,15,25,29H,6,14,16H2,1-2H3,(H,28,32)(H,30,31)/b9-5+/t25-/m0/s1. The van der Waals surface area contributed by atoms with Crippen molar-refractivity contribution in [3.63, 3.8) is 0 Å². The lowest BCUT2D eigenvalue weighted by molar-refractivity contribution is -0.131. The third-order valence-electron chi connectivity index (χ3n) is 5.99. The maximum Gasteiger partial charge on any atom is 0.412 e. The average Bonchev–Trinajstić information content (AvgIpc) is 3.29. The number of carboxylic acids is 1. The summed E-state index contributed by atoms with van der Waals surface area (Å²) in [5, 5.41) is 23.4.